The van der Waals surface area contributed by atoms with E-state index < -0.39 is 0 Å². The highest BCUT2D eigenvalue weighted by atomic mass is 15.2. The minimum atomic E-state index is 0.389. The van der Waals surface area contributed by atoms with Crippen LogP contribution in [0.5, 0.6) is 0 Å². The fraction of sp³-hybridized carbons (Fsp3) is 0.643. The van der Waals surface area contributed by atoms with Gasteiger partial charge in [-0.05, 0) is 29.4 Å². The van der Waals surface area contributed by atoms with E-state index in [0.29, 0.717) is 12.0 Å². The Balaban J connectivity index is 2.15. The van der Waals surface area contributed by atoms with E-state index in [0.717, 1.165) is 19.0 Å². The molecule has 1 saturated heterocycles. The third-order valence-electron chi connectivity index (χ3n) is 3.86. The van der Waals surface area contributed by atoms with E-state index in [1.807, 2.05) is 18.5 Å². The second-order valence-corrected chi connectivity index (χ2v) is 6.01. The van der Waals surface area contributed by atoms with Gasteiger partial charge in [0, 0.05) is 25.8 Å². The molecule has 0 radical (unpaired) electrons. The summed E-state index contributed by atoms with van der Waals surface area (Å²) in [5, 5.41) is 0. The first-order valence-electron chi connectivity index (χ1n) is 6.40. The maximum atomic E-state index is 5.78. The zero-order valence-corrected chi connectivity index (χ0v) is 11.1. The number of pyridine rings is 1. The number of hydrogen-bond acceptors (Lipinski definition) is 3. The highest BCUT2D eigenvalue weighted by molar-refractivity contribution is 5.52. The lowest BCUT2D eigenvalue weighted by atomic mass is 9.80. The summed E-state index contributed by atoms with van der Waals surface area (Å²) in [4.78, 5) is 6.66. The lowest BCUT2D eigenvalue weighted by Crippen LogP contribution is -2.26. The molecule has 94 valence electrons. The number of nitrogens with two attached hydrogens (primary N) is 1. The van der Waals surface area contributed by atoms with Gasteiger partial charge in [-0.25, -0.2) is 0 Å². The maximum absolute atomic E-state index is 5.78. The van der Waals surface area contributed by atoms with Crippen LogP contribution in [-0.4, -0.2) is 18.1 Å². The fourth-order valence-electron chi connectivity index (χ4n) is 2.56. The number of rotatable bonds is 2. The maximum Gasteiger partial charge on any atom is 0.0598 e. The number of nitrogens with zero attached hydrogens (tertiary/aromatic N) is 2. The van der Waals surface area contributed by atoms with Gasteiger partial charge in [-0.3, -0.25) is 4.98 Å². The van der Waals surface area contributed by atoms with Crippen molar-refractivity contribution in [3.63, 3.8) is 0 Å². The average molecular weight is 233 g/mol. The van der Waals surface area contributed by atoms with Crippen LogP contribution in [0.3, 0.4) is 0 Å². The van der Waals surface area contributed by atoms with Gasteiger partial charge in [-0.15, -0.1) is 0 Å². The van der Waals surface area contributed by atoms with Gasteiger partial charge in [-0.1, -0.05) is 20.8 Å². The van der Waals surface area contributed by atoms with Crippen LogP contribution in [0.15, 0.2) is 18.5 Å². The summed E-state index contributed by atoms with van der Waals surface area (Å²) in [7, 11) is 0. The van der Waals surface area contributed by atoms with E-state index >= 15 is 0 Å². The average Bonchev–Trinajstić information content (AvgIpc) is 2.77. The Morgan fingerprint density at radius 2 is 2.24 bits per heavy atom. The van der Waals surface area contributed by atoms with Crippen LogP contribution in [0, 0.1) is 11.3 Å². The summed E-state index contributed by atoms with van der Waals surface area (Å²) < 4.78 is 0. The summed E-state index contributed by atoms with van der Waals surface area (Å²) in [5.74, 6) is 0.758. The lowest BCUT2D eigenvalue weighted by molar-refractivity contribution is 0.263. The Hall–Kier alpha value is -1.09. The van der Waals surface area contributed by atoms with E-state index in [-0.39, 0.29) is 0 Å². The number of anilines is 1. The molecule has 3 nitrogen and oxygen atoms in total. The first-order valence-corrected chi connectivity index (χ1v) is 6.40. The van der Waals surface area contributed by atoms with Crippen molar-refractivity contribution in [3.8, 4) is 0 Å². The molecule has 17 heavy (non-hydrogen) atoms. The van der Waals surface area contributed by atoms with Gasteiger partial charge in [-0.2, -0.15) is 0 Å². The Labute approximate surface area is 104 Å². The van der Waals surface area contributed by atoms with E-state index in [9.17, 15) is 0 Å². The second kappa shape index (κ2) is 4.65. The summed E-state index contributed by atoms with van der Waals surface area (Å²) in [6.07, 6.45) is 5.04. The zero-order chi connectivity index (χ0) is 12.5. The lowest BCUT2D eigenvalue weighted by Gasteiger charge is -2.28. The molecule has 0 spiro atoms. The first kappa shape index (κ1) is 12.4. The Bertz CT molecular complexity index is 381. The molecule has 0 amide bonds. The first-order chi connectivity index (χ1) is 8.02. The minimum Gasteiger partial charge on any atom is -0.370 e. The fourth-order valence-corrected chi connectivity index (χ4v) is 2.56. The monoisotopic (exact) mass is 233 g/mol. The van der Waals surface area contributed by atoms with Crippen molar-refractivity contribution in [2.75, 3.05) is 18.0 Å². The Morgan fingerprint density at radius 1 is 1.47 bits per heavy atom. The van der Waals surface area contributed by atoms with Crippen molar-refractivity contribution < 1.29 is 0 Å². The van der Waals surface area contributed by atoms with Crippen molar-refractivity contribution in [1.82, 2.24) is 4.98 Å². The highest BCUT2D eigenvalue weighted by Crippen LogP contribution is 2.36. The van der Waals surface area contributed by atoms with Gasteiger partial charge in [0.25, 0.3) is 0 Å². The van der Waals surface area contributed by atoms with Crippen LogP contribution in [0.25, 0.3) is 0 Å². The SMILES string of the molecule is CC(C)(C)C1CCN(c2cnccc2CN)C1. The smallest absolute Gasteiger partial charge is 0.0598 e. The zero-order valence-electron chi connectivity index (χ0n) is 11.1. The normalized spacial score (nSPS) is 20.9. The molecular weight excluding hydrogens is 210 g/mol. The van der Waals surface area contributed by atoms with Gasteiger partial charge < -0.3 is 10.6 Å². The molecule has 2 heterocycles. The van der Waals surface area contributed by atoms with Gasteiger partial charge in [0.15, 0.2) is 0 Å². The highest BCUT2D eigenvalue weighted by Gasteiger charge is 2.32. The molecule has 1 aromatic rings. The molecule has 1 atom stereocenters. The van der Waals surface area contributed by atoms with Crippen LogP contribution >= 0.6 is 0 Å². The third-order valence-corrected chi connectivity index (χ3v) is 3.86. The molecule has 2 rings (SSSR count). The van der Waals surface area contributed by atoms with Crippen molar-refractivity contribution in [2.24, 2.45) is 17.1 Å². The van der Waals surface area contributed by atoms with Crippen molar-refractivity contribution >= 4 is 5.69 Å². The molecule has 1 fully saturated rings. The van der Waals surface area contributed by atoms with Crippen LogP contribution < -0.4 is 10.6 Å². The van der Waals surface area contributed by atoms with Gasteiger partial charge in [0.1, 0.15) is 0 Å². The summed E-state index contributed by atoms with van der Waals surface area (Å²) in [6.45, 7) is 9.83. The van der Waals surface area contributed by atoms with Gasteiger partial charge in [0.2, 0.25) is 0 Å². The minimum absolute atomic E-state index is 0.389. The van der Waals surface area contributed by atoms with Crippen LogP contribution in [0.2, 0.25) is 0 Å². The standard InChI is InChI=1S/C14H23N3/c1-14(2,3)12-5-7-17(10-12)13-9-16-6-4-11(13)8-15/h4,6,9,12H,5,7-8,10,15H2,1-3H3. The second-order valence-electron chi connectivity index (χ2n) is 6.01. The Morgan fingerprint density at radius 3 is 2.82 bits per heavy atom. The third kappa shape index (κ3) is 2.60. The van der Waals surface area contributed by atoms with Crippen LogP contribution in [-0.2, 0) is 6.54 Å². The molecule has 1 aliphatic heterocycles. The summed E-state index contributed by atoms with van der Waals surface area (Å²) >= 11 is 0. The number of hydrogen-bond donors (Lipinski definition) is 1. The molecule has 1 aliphatic rings. The Kier molecular flexibility index (Phi) is 3.38. The molecule has 0 bridgehead atoms. The van der Waals surface area contributed by atoms with Crippen LogP contribution in [0.4, 0.5) is 5.69 Å². The molecule has 3 heteroatoms. The van der Waals surface area contributed by atoms with Crippen LogP contribution in [0.1, 0.15) is 32.8 Å². The number of aromatic nitrogens is 1. The molecule has 0 saturated carbocycles. The molecule has 1 aromatic heterocycles. The summed E-state index contributed by atoms with van der Waals surface area (Å²) in [5.41, 5.74) is 8.60. The summed E-state index contributed by atoms with van der Waals surface area (Å²) in [6, 6.07) is 2.03. The van der Waals surface area contributed by atoms with Gasteiger partial charge >= 0.3 is 0 Å². The molecule has 1 unspecified atom stereocenters. The molecular formula is C14H23N3. The van der Waals surface area contributed by atoms with Crippen molar-refractivity contribution in [1.29, 1.82) is 0 Å². The van der Waals surface area contributed by atoms with E-state index in [1.165, 1.54) is 17.7 Å². The van der Waals surface area contributed by atoms with E-state index in [4.69, 9.17) is 5.73 Å². The quantitative estimate of drug-likeness (QED) is 0.853. The van der Waals surface area contributed by atoms with Crippen molar-refractivity contribution in [2.45, 2.75) is 33.7 Å². The van der Waals surface area contributed by atoms with Gasteiger partial charge in [0.05, 0.1) is 11.9 Å². The predicted octanol–water partition coefficient (Wildman–Crippen LogP) is 2.41. The largest absolute Gasteiger partial charge is 0.370 e. The predicted molar refractivity (Wildman–Crippen MR) is 71.9 cm³/mol. The van der Waals surface area contributed by atoms with E-state index in [2.05, 4.69) is 30.7 Å². The van der Waals surface area contributed by atoms with Crippen molar-refractivity contribution in [3.05, 3.63) is 24.0 Å². The molecule has 0 aliphatic carbocycles. The molecule has 0 aromatic carbocycles. The topological polar surface area (TPSA) is 42.2 Å². The molecule has 2 N–H and O–H groups in total. The van der Waals surface area contributed by atoms with E-state index in [1.54, 1.807) is 0 Å².